The van der Waals surface area contributed by atoms with E-state index in [0.29, 0.717) is 5.75 Å². The summed E-state index contributed by atoms with van der Waals surface area (Å²) < 4.78 is 17.9. The van der Waals surface area contributed by atoms with E-state index in [1.807, 2.05) is 0 Å². The van der Waals surface area contributed by atoms with Crippen molar-refractivity contribution in [2.45, 2.75) is 12.0 Å². The van der Waals surface area contributed by atoms with Gasteiger partial charge in [-0.15, -0.1) is 0 Å². The molecule has 0 atom stereocenters. The molecule has 4 N–H and O–H groups in total. The van der Waals surface area contributed by atoms with Crippen LogP contribution in [0.15, 0.2) is 24.3 Å². The highest BCUT2D eigenvalue weighted by molar-refractivity contribution is 5.77. The van der Waals surface area contributed by atoms with Crippen molar-refractivity contribution in [1.82, 2.24) is 5.32 Å². The summed E-state index contributed by atoms with van der Waals surface area (Å²) in [5.41, 5.74) is -1.44. The fraction of sp³-hybridized carbons (Fsp3) is 0.462. The summed E-state index contributed by atoms with van der Waals surface area (Å²) >= 11 is 0. The zero-order valence-electron chi connectivity index (χ0n) is 10.9. The highest BCUT2D eigenvalue weighted by Gasteiger charge is 2.29. The summed E-state index contributed by atoms with van der Waals surface area (Å²) in [5, 5.41) is 29.5. The van der Waals surface area contributed by atoms with Gasteiger partial charge in [0.1, 0.15) is 17.1 Å². The topological polar surface area (TPSA) is 99.0 Å². The number of carbonyl (C=O) groups is 1. The number of halogens is 1. The van der Waals surface area contributed by atoms with Crippen LogP contribution in [0, 0.1) is 5.82 Å². The molecule has 1 aromatic carbocycles. The van der Waals surface area contributed by atoms with E-state index in [4.69, 9.17) is 20.1 Å². The third-order valence-corrected chi connectivity index (χ3v) is 2.72. The summed E-state index contributed by atoms with van der Waals surface area (Å²) in [5.74, 6) is -0.435. The molecule has 0 spiro atoms. The molecule has 7 heteroatoms. The number of hydrogen-bond acceptors (Lipinski definition) is 5. The summed E-state index contributed by atoms with van der Waals surface area (Å²) in [6, 6.07) is 5.35. The molecular weight excluding hydrogens is 269 g/mol. The van der Waals surface area contributed by atoms with Crippen LogP contribution in [0.3, 0.4) is 0 Å². The molecule has 0 aliphatic carbocycles. The predicted octanol–water partition coefficient (Wildman–Crippen LogP) is -0.574. The molecule has 0 heterocycles. The van der Waals surface area contributed by atoms with Gasteiger partial charge in [-0.25, -0.2) is 4.39 Å². The average molecular weight is 287 g/mol. The second kappa shape index (κ2) is 7.78. The Morgan fingerprint density at radius 1 is 1.15 bits per heavy atom. The summed E-state index contributed by atoms with van der Waals surface area (Å²) in [6.07, 6.45) is -0.0286. The van der Waals surface area contributed by atoms with E-state index >= 15 is 0 Å². The molecule has 0 unspecified atom stereocenters. The van der Waals surface area contributed by atoms with Gasteiger partial charge < -0.3 is 25.4 Å². The average Bonchev–Trinajstić information content (AvgIpc) is 2.47. The van der Waals surface area contributed by atoms with Crippen molar-refractivity contribution in [3.8, 4) is 5.75 Å². The number of rotatable bonds is 8. The number of aliphatic hydroxyl groups excluding tert-OH is 3. The fourth-order valence-corrected chi connectivity index (χ4v) is 1.42. The van der Waals surface area contributed by atoms with Gasteiger partial charge in [-0.05, 0) is 24.3 Å². The number of aliphatic hydroxyl groups is 3. The first-order chi connectivity index (χ1) is 9.55. The molecule has 0 bridgehead atoms. The number of nitrogens with one attached hydrogen (secondary N) is 1. The summed E-state index contributed by atoms with van der Waals surface area (Å²) in [6.45, 7) is -1.69. The van der Waals surface area contributed by atoms with Crippen LogP contribution in [0.1, 0.15) is 6.42 Å². The first kappa shape index (κ1) is 16.4. The van der Waals surface area contributed by atoms with E-state index in [1.54, 1.807) is 0 Å². The van der Waals surface area contributed by atoms with Crippen molar-refractivity contribution in [3.05, 3.63) is 30.1 Å². The maximum Gasteiger partial charge on any atom is 0.224 e. The van der Waals surface area contributed by atoms with E-state index in [9.17, 15) is 9.18 Å². The lowest BCUT2D eigenvalue weighted by molar-refractivity contribution is -0.125. The van der Waals surface area contributed by atoms with Gasteiger partial charge in [0.05, 0.1) is 32.8 Å². The normalized spacial score (nSPS) is 11.2. The first-order valence-electron chi connectivity index (χ1n) is 6.07. The van der Waals surface area contributed by atoms with Gasteiger partial charge in [0, 0.05) is 0 Å². The number of benzene rings is 1. The number of hydrogen-bond donors (Lipinski definition) is 4. The van der Waals surface area contributed by atoms with Crippen molar-refractivity contribution >= 4 is 5.91 Å². The van der Waals surface area contributed by atoms with Crippen LogP contribution < -0.4 is 10.1 Å². The standard InChI is InChI=1S/C13H18FNO5/c14-10-1-3-11(4-2-10)20-6-5-12(19)15-13(7-16,8-17)9-18/h1-4,16-18H,5-9H2,(H,15,19). The minimum Gasteiger partial charge on any atom is -0.493 e. The lowest BCUT2D eigenvalue weighted by Gasteiger charge is -2.28. The van der Waals surface area contributed by atoms with E-state index in [-0.39, 0.29) is 18.8 Å². The van der Waals surface area contributed by atoms with E-state index < -0.39 is 31.3 Å². The Morgan fingerprint density at radius 3 is 2.20 bits per heavy atom. The molecule has 0 saturated carbocycles. The number of amides is 1. The highest BCUT2D eigenvalue weighted by Crippen LogP contribution is 2.11. The zero-order chi connectivity index (χ0) is 15.0. The molecule has 20 heavy (non-hydrogen) atoms. The Kier molecular flexibility index (Phi) is 6.37. The molecule has 1 amide bonds. The molecule has 0 fully saturated rings. The monoisotopic (exact) mass is 287 g/mol. The molecule has 0 aliphatic heterocycles. The lowest BCUT2D eigenvalue weighted by Crippen LogP contribution is -2.57. The van der Waals surface area contributed by atoms with Crippen molar-refractivity contribution in [1.29, 1.82) is 0 Å². The Labute approximate surface area is 115 Å². The van der Waals surface area contributed by atoms with Crippen LogP contribution in [0.5, 0.6) is 5.75 Å². The fourth-order valence-electron chi connectivity index (χ4n) is 1.42. The Bertz CT molecular complexity index is 411. The third kappa shape index (κ3) is 4.76. The molecule has 1 rings (SSSR count). The van der Waals surface area contributed by atoms with Crippen LogP contribution in [-0.2, 0) is 4.79 Å². The smallest absolute Gasteiger partial charge is 0.224 e. The zero-order valence-corrected chi connectivity index (χ0v) is 10.9. The third-order valence-electron chi connectivity index (χ3n) is 2.72. The van der Waals surface area contributed by atoms with E-state index in [1.165, 1.54) is 24.3 Å². The van der Waals surface area contributed by atoms with Crippen molar-refractivity contribution < 1.29 is 29.2 Å². The van der Waals surface area contributed by atoms with Gasteiger partial charge in [0.2, 0.25) is 5.91 Å². The molecule has 0 aromatic heterocycles. The van der Waals surface area contributed by atoms with Gasteiger partial charge in [0.25, 0.3) is 0 Å². The second-order valence-corrected chi connectivity index (χ2v) is 4.36. The molecule has 0 radical (unpaired) electrons. The molecule has 6 nitrogen and oxygen atoms in total. The summed E-state index contributed by atoms with van der Waals surface area (Å²) in [4.78, 5) is 11.6. The minimum absolute atomic E-state index is 0.0286. The SMILES string of the molecule is O=C(CCOc1ccc(F)cc1)NC(CO)(CO)CO. The predicted molar refractivity (Wildman–Crippen MR) is 68.6 cm³/mol. The van der Waals surface area contributed by atoms with E-state index in [2.05, 4.69) is 5.32 Å². The lowest BCUT2D eigenvalue weighted by atomic mass is 10.0. The van der Waals surface area contributed by atoms with Gasteiger partial charge in [-0.1, -0.05) is 0 Å². The number of ether oxygens (including phenoxy) is 1. The number of carbonyl (C=O) groups excluding carboxylic acids is 1. The first-order valence-corrected chi connectivity index (χ1v) is 6.07. The Morgan fingerprint density at radius 2 is 1.70 bits per heavy atom. The highest BCUT2D eigenvalue weighted by atomic mass is 19.1. The van der Waals surface area contributed by atoms with Crippen LogP contribution in [0.2, 0.25) is 0 Å². The van der Waals surface area contributed by atoms with Crippen molar-refractivity contribution in [3.63, 3.8) is 0 Å². The van der Waals surface area contributed by atoms with Crippen LogP contribution in [0.25, 0.3) is 0 Å². The summed E-state index contributed by atoms with van der Waals surface area (Å²) in [7, 11) is 0. The molecule has 112 valence electrons. The van der Waals surface area contributed by atoms with Crippen molar-refractivity contribution in [2.24, 2.45) is 0 Å². The second-order valence-electron chi connectivity index (χ2n) is 4.36. The quantitative estimate of drug-likeness (QED) is 0.513. The van der Waals surface area contributed by atoms with Gasteiger partial charge in [0.15, 0.2) is 0 Å². The van der Waals surface area contributed by atoms with E-state index in [0.717, 1.165) is 0 Å². The molecular formula is C13H18FNO5. The van der Waals surface area contributed by atoms with Crippen LogP contribution in [0.4, 0.5) is 4.39 Å². The molecule has 0 saturated heterocycles. The van der Waals surface area contributed by atoms with Gasteiger partial charge in [-0.2, -0.15) is 0 Å². The largest absolute Gasteiger partial charge is 0.493 e. The minimum atomic E-state index is -1.44. The Balaban J connectivity index is 2.38. The van der Waals surface area contributed by atoms with Crippen LogP contribution in [-0.4, -0.2) is 53.2 Å². The maximum absolute atomic E-state index is 12.6. The van der Waals surface area contributed by atoms with Crippen molar-refractivity contribution in [2.75, 3.05) is 26.4 Å². The molecule has 0 aliphatic rings. The Hall–Kier alpha value is -1.70. The van der Waals surface area contributed by atoms with Gasteiger partial charge in [-0.3, -0.25) is 4.79 Å². The maximum atomic E-state index is 12.6. The van der Waals surface area contributed by atoms with Crippen LogP contribution >= 0.6 is 0 Å². The molecule has 1 aromatic rings. The van der Waals surface area contributed by atoms with Gasteiger partial charge >= 0.3 is 0 Å².